The van der Waals surface area contributed by atoms with E-state index >= 15 is 0 Å². The lowest BCUT2D eigenvalue weighted by atomic mass is 10.1. The Labute approximate surface area is 118 Å². The van der Waals surface area contributed by atoms with Crippen molar-refractivity contribution >= 4 is 17.3 Å². The van der Waals surface area contributed by atoms with Crippen molar-refractivity contribution in [3.8, 4) is 5.75 Å². The molecule has 0 aliphatic rings. The van der Waals surface area contributed by atoms with E-state index in [1.807, 2.05) is 0 Å². The Morgan fingerprint density at radius 1 is 1.14 bits per heavy atom. The molecule has 0 saturated heterocycles. The first-order valence-electron chi connectivity index (χ1n) is 5.82. The first-order chi connectivity index (χ1) is 9.93. The summed E-state index contributed by atoms with van der Waals surface area (Å²) in [5, 5.41) is 2.14. The second-order valence-electron chi connectivity index (χ2n) is 4.13. The van der Waals surface area contributed by atoms with Gasteiger partial charge in [-0.1, -0.05) is 0 Å². The fourth-order valence-electron chi connectivity index (χ4n) is 1.69. The van der Waals surface area contributed by atoms with Crippen LogP contribution in [0.2, 0.25) is 0 Å². The number of hydrogen-bond acceptors (Lipinski definition) is 3. The Morgan fingerprint density at radius 2 is 1.86 bits per heavy atom. The lowest BCUT2D eigenvalue weighted by molar-refractivity contribution is 0.102. The van der Waals surface area contributed by atoms with E-state index in [2.05, 4.69) is 5.32 Å². The lowest BCUT2D eigenvalue weighted by Gasteiger charge is -2.09. The third-order valence-electron chi connectivity index (χ3n) is 2.78. The molecule has 0 bridgehead atoms. The van der Waals surface area contributed by atoms with Gasteiger partial charge in [-0.05, 0) is 30.3 Å². The van der Waals surface area contributed by atoms with Crippen LogP contribution in [0.5, 0.6) is 5.75 Å². The van der Waals surface area contributed by atoms with Crippen LogP contribution < -0.4 is 15.8 Å². The van der Waals surface area contributed by atoms with Crippen molar-refractivity contribution in [1.82, 2.24) is 0 Å². The number of carbonyl (C=O) groups is 1. The summed E-state index contributed by atoms with van der Waals surface area (Å²) >= 11 is 0. The summed E-state index contributed by atoms with van der Waals surface area (Å²) in [7, 11) is 1.42. The minimum absolute atomic E-state index is 0.123. The van der Waals surface area contributed by atoms with Crippen LogP contribution in [0.1, 0.15) is 10.4 Å². The highest BCUT2D eigenvalue weighted by molar-refractivity contribution is 6.05. The van der Waals surface area contributed by atoms with Gasteiger partial charge in [0.1, 0.15) is 5.75 Å². The summed E-state index contributed by atoms with van der Waals surface area (Å²) in [5.41, 5.74) is 5.52. The third kappa shape index (κ3) is 2.91. The summed E-state index contributed by atoms with van der Waals surface area (Å²) < 4.78 is 44.3. The molecule has 2 rings (SSSR count). The molecule has 0 fully saturated rings. The summed E-state index contributed by atoms with van der Waals surface area (Å²) in [6, 6.07) is 5.84. The van der Waals surface area contributed by atoms with E-state index in [1.54, 1.807) is 0 Å². The van der Waals surface area contributed by atoms with Crippen LogP contribution in [0.25, 0.3) is 0 Å². The van der Waals surface area contributed by atoms with E-state index in [0.717, 1.165) is 12.1 Å². The number of methoxy groups -OCH3 is 1. The number of nitrogen functional groups attached to an aromatic ring is 1. The average Bonchev–Trinajstić information content (AvgIpc) is 2.47. The Balaban J connectivity index is 2.26. The predicted molar refractivity (Wildman–Crippen MR) is 71.7 cm³/mol. The molecule has 0 aliphatic heterocycles. The van der Waals surface area contributed by atoms with Crippen molar-refractivity contribution < 1.29 is 22.7 Å². The molecule has 0 saturated carbocycles. The number of benzene rings is 2. The van der Waals surface area contributed by atoms with Gasteiger partial charge in [0.25, 0.3) is 5.91 Å². The standard InChI is InChI=1S/C14H11F3N2O2/c1-21-11-5-2-7(6-9(11)18)14(20)19-10-4-3-8(15)12(16)13(10)17/h2-6H,18H2,1H3,(H,19,20). The van der Waals surface area contributed by atoms with Crippen LogP contribution in [0.4, 0.5) is 24.5 Å². The number of rotatable bonds is 3. The Morgan fingerprint density at radius 3 is 2.48 bits per heavy atom. The quantitative estimate of drug-likeness (QED) is 0.676. The maximum absolute atomic E-state index is 13.5. The zero-order chi connectivity index (χ0) is 15.6. The monoisotopic (exact) mass is 296 g/mol. The highest BCUT2D eigenvalue weighted by atomic mass is 19.2. The van der Waals surface area contributed by atoms with Crippen LogP contribution in [0, 0.1) is 17.5 Å². The van der Waals surface area contributed by atoms with Crippen molar-refractivity contribution in [2.75, 3.05) is 18.2 Å². The minimum Gasteiger partial charge on any atom is -0.495 e. The summed E-state index contributed by atoms with van der Waals surface area (Å²) in [5.74, 6) is -4.79. The number of halogens is 3. The van der Waals surface area contributed by atoms with Gasteiger partial charge >= 0.3 is 0 Å². The fraction of sp³-hybridized carbons (Fsp3) is 0.0714. The normalized spacial score (nSPS) is 10.3. The number of carbonyl (C=O) groups excluding carboxylic acids is 1. The Bertz CT molecular complexity index is 705. The molecule has 0 aromatic heterocycles. The second kappa shape index (κ2) is 5.74. The largest absolute Gasteiger partial charge is 0.495 e. The molecule has 3 N–H and O–H groups in total. The molecule has 2 aromatic carbocycles. The molecule has 21 heavy (non-hydrogen) atoms. The Hall–Kier alpha value is -2.70. The molecular formula is C14H11F3N2O2. The smallest absolute Gasteiger partial charge is 0.255 e. The van der Waals surface area contributed by atoms with Crippen molar-refractivity contribution in [2.45, 2.75) is 0 Å². The van der Waals surface area contributed by atoms with E-state index in [1.165, 1.54) is 25.3 Å². The molecular weight excluding hydrogens is 285 g/mol. The van der Waals surface area contributed by atoms with Gasteiger partial charge in [-0.3, -0.25) is 4.79 Å². The second-order valence-corrected chi connectivity index (χ2v) is 4.13. The molecule has 4 nitrogen and oxygen atoms in total. The van der Waals surface area contributed by atoms with Gasteiger partial charge in [-0.2, -0.15) is 0 Å². The van der Waals surface area contributed by atoms with E-state index < -0.39 is 29.0 Å². The average molecular weight is 296 g/mol. The zero-order valence-corrected chi connectivity index (χ0v) is 10.9. The van der Waals surface area contributed by atoms with Crippen LogP contribution in [0.15, 0.2) is 30.3 Å². The van der Waals surface area contributed by atoms with Gasteiger partial charge < -0.3 is 15.8 Å². The van der Waals surface area contributed by atoms with E-state index in [-0.39, 0.29) is 11.3 Å². The molecule has 7 heteroatoms. The van der Waals surface area contributed by atoms with Crippen LogP contribution in [-0.4, -0.2) is 13.0 Å². The maximum Gasteiger partial charge on any atom is 0.255 e. The summed E-state index contributed by atoms with van der Waals surface area (Å²) in [6.45, 7) is 0. The molecule has 0 unspecified atom stereocenters. The van der Waals surface area contributed by atoms with Gasteiger partial charge in [-0.15, -0.1) is 0 Å². The van der Waals surface area contributed by atoms with Crippen LogP contribution in [-0.2, 0) is 0 Å². The van der Waals surface area contributed by atoms with Crippen LogP contribution in [0.3, 0.4) is 0 Å². The molecule has 0 radical (unpaired) electrons. The molecule has 110 valence electrons. The number of hydrogen-bond donors (Lipinski definition) is 2. The molecule has 2 aromatic rings. The number of amides is 1. The predicted octanol–water partition coefficient (Wildman–Crippen LogP) is 2.95. The Kier molecular flexibility index (Phi) is 4.02. The van der Waals surface area contributed by atoms with Gasteiger partial charge in [0, 0.05) is 5.56 Å². The number of ether oxygens (including phenoxy) is 1. The van der Waals surface area contributed by atoms with Crippen molar-refractivity contribution in [2.24, 2.45) is 0 Å². The minimum atomic E-state index is -1.65. The van der Waals surface area contributed by atoms with Gasteiger partial charge in [0.15, 0.2) is 17.5 Å². The topological polar surface area (TPSA) is 64.3 Å². The molecule has 1 amide bonds. The lowest BCUT2D eigenvalue weighted by Crippen LogP contribution is -2.14. The van der Waals surface area contributed by atoms with Gasteiger partial charge in [-0.25, -0.2) is 13.2 Å². The summed E-state index contributed by atoms with van der Waals surface area (Å²) in [4.78, 5) is 11.9. The number of nitrogens with two attached hydrogens (primary N) is 1. The number of nitrogens with one attached hydrogen (secondary N) is 1. The first kappa shape index (κ1) is 14.7. The molecule has 0 aliphatic carbocycles. The maximum atomic E-state index is 13.5. The van der Waals surface area contributed by atoms with E-state index in [4.69, 9.17) is 10.5 Å². The van der Waals surface area contributed by atoms with Crippen LogP contribution >= 0.6 is 0 Å². The highest BCUT2D eigenvalue weighted by Crippen LogP contribution is 2.24. The van der Waals surface area contributed by atoms with Gasteiger partial charge in [0.2, 0.25) is 0 Å². The highest BCUT2D eigenvalue weighted by Gasteiger charge is 2.16. The van der Waals surface area contributed by atoms with Crippen molar-refractivity contribution in [1.29, 1.82) is 0 Å². The number of anilines is 2. The molecule has 0 atom stereocenters. The zero-order valence-electron chi connectivity index (χ0n) is 10.9. The van der Waals surface area contributed by atoms with E-state index in [0.29, 0.717) is 5.75 Å². The van der Waals surface area contributed by atoms with E-state index in [9.17, 15) is 18.0 Å². The molecule has 0 heterocycles. The third-order valence-corrected chi connectivity index (χ3v) is 2.78. The first-order valence-corrected chi connectivity index (χ1v) is 5.82. The SMILES string of the molecule is COc1ccc(C(=O)Nc2ccc(F)c(F)c2F)cc1N. The van der Waals surface area contributed by atoms with Crippen molar-refractivity contribution in [3.05, 3.63) is 53.3 Å². The van der Waals surface area contributed by atoms with Gasteiger partial charge in [0.05, 0.1) is 18.5 Å². The summed E-state index contributed by atoms with van der Waals surface area (Å²) in [6.07, 6.45) is 0. The molecule has 0 spiro atoms. The fourth-order valence-corrected chi connectivity index (χ4v) is 1.69. The van der Waals surface area contributed by atoms with Crippen molar-refractivity contribution in [3.63, 3.8) is 0 Å².